The number of aromatic nitrogens is 2. The lowest BCUT2D eigenvalue weighted by Crippen LogP contribution is -2.36. The van der Waals surface area contributed by atoms with E-state index in [1.54, 1.807) is 12.4 Å². The second kappa shape index (κ2) is 10.3. The van der Waals surface area contributed by atoms with Crippen LogP contribution in [0.15, 0.2) is 42.4 Å². The van der Waals surface area contributed by atoms with Crippen molar-refractivity contribution in [3.05, 3.63) is 48.1 Å². The van der Waals surface area contributed by atoms with E-state index in [0.29, 0.717) is 36.5 Å². The van der Waals surface area contributed by atoms with Gasteiger partial charge in [-0.2, -0.15) is 0 Å². The molecule has 2 aliphatic rings. The Morgan fingerprint density at radius 1 is 1.27 bits per heavy atom. The quantitative estimate of drug-likeness (QED) is 0.443. The van der Waals surface area contributed by atoms with Crippen molar-refractivity contribution in [3.8, 4) is 0 Å². The van der Waals surface area contributed by atoms with E-state index in [4.69, 9.17) is 4.74 Å². The normalized spacial score (nSPS) is 31.3. The molecule has 0 amide bonds. The molecule has 0 radical (unpaired) electrons. The number of carbonyl (C=O) groups excluding carboxylic acids is 1. The Kier molecular flexibility index (Phi) is 7.70. The van der Waals surface area contributed by atoms with Gasteiger partial charge in [-0.3, -0.25) is 0 Å². The van der Waals surface area contributed by atoms with Crippen molar-refractivity contribution in [1.82, 2.24) is 9.55 Å². The minimum absolute atomic E-state index is 0.167. The Morgan fingerprint density at radius 2 is 2.03 bits per heavy atom. The third-order valence-electron chi connectivity index (χ3n) is 6.65. The third-order valence-corrected chi connectivity index (χ3v) is 6.65. The minimum Gasteiger partial charge on any atom is -0.459 e. The Morgan fingerprint density at radius 3 is 2.73 bits per heavy atom. The van der Waals surface area contributed by atoms with Gasteiger partial charge in [0.25, 0.3) is 0 Å². The number of ether oxygens (including phenoxy) is 1. The maximum absolute atomic E-state index is 12.5. The molecule has 0 fully saturated rings. The first-order valence-corrected chi connectivity index (χ1v) is 11.2. The SMILES string of the molecule is CC1=CCC(C(C)C)C2CC(O)C/C=C\CC(OC(=O)C=Cc3cn(C)cn3)CC12. The van der Waals surface area contributed by atoms with E-state index in [2.05, 4.69) is 31.8 Å². The van der Waals surface area contributed by atoms with Gasteiger partial charge in [0.2, 0.25) is 0 Å². The summed E-state index contributed by atoms with van der Waals surface area (Å²) in [5.41, 5.74) is 2.11. The molecule has 0 bridgehead atoms. The largest absolute Gasteiger partial charge is 0.459 e. The minimum atomic E-state index is -0.328. The topological polar surface area (TPSA) is 64.3 Å². The Labute approximate surface area is 180 Å². The summed E-state index contributed by atoms with van der Waals surface area (Å²) in [6, 6.07) is 0. The number of imidazole rings is 1. The molecular weight excluding hydrogens is 376 g/mol. The molecule has 2 aliphatic carbocycles. The molecule has 1 heterocycles. The first-order valence-electron chi connectivity index (χ1n) is 11.2. The van der Waals surface area contributed by atoms with E-state index in [-0.39, 0.29) is 18.2 Å². The first-order chi connectivity index (χ1) is 14.3. The summed E-state index contributed by atoms with van der Waals surface area (Å²) in [5.74, 6) is 1.55. The van der Waals surface area contributed by atoms with Crippen molar-refractivity contribution >= 4 is 12.0 Å². The highest BCUT2D eigenvalue weighted by atomic mass is 16.5. The first kappa shape index (κ1) is 22.5. The molecule has 164 valence electrons. The van der Waals surface area contributed by atoms with Gasteiger partial charge in [0.15, 0.2) is 0 Å². The molecule has 1 aromatic rings. The van der Waals surface area contributed by atoms with Crippen molar-refractivity contribution in [3.63, 3.8) is 0 Å². The molecule has 5 unspecified atom stereocenters. The van der Waals surface area contributed by atoms with Gasteiger partial charge in [0.05, 0.1) is 18.1 Å². The molecule has 0 saturated carbocycles. The Hall–Kier alpha value is -2.14. The van der Waals surface area contributed by atoms with E-state index in [9.17, 15) is 9.90 Å². The molecular formula is C25H36N2O3. The lowest BCUT2D eigenvalue weighted by molar-refractivity contribution is -0.143. The fraction of sp³-hybridized carbons (Fsp3) is 0.600. The zero-order valence-corrected chi connectivity index (χ0v) is 18.7. The van der Waals surface area contributed by atoms with Gasteiger partial charge in [-0.1, -0.05) is 37.6 Å². The van der Waals surface area contributed by atoms with Crippen molar-refractivity contribution in [2.45, 2.75) is 65.1 Å². The number of fused-ring (bicyclic) bond motifs is 1. The molecule has 1 aromatic heterocycles. The zero-order chi connectivity index (χ0) is 21.7. The number of allylic oxidation sites excluding steroid dienone is 2. The van der Waals surface area contributed by atoms with E-state index < -0.39 is 0 Å². The van der Waals surface area contributed by atoms with Crippen LogP contribution in [0.1, 0.15) is 58.6 Å². The van der Waals surface area contributed by atoms with Gasteiger partial charge in [-0.25, -0.2) is 9.78 Å². The number of hydrogen-bond donors (Lipinski definition) is 1. The molecule has 30 heavy (non-hydrogen) atoms. The van der Waals surface area contributed by atoms with Gasteiger partial charge in [-0.15, -0.1) is 0 Å². The number of aliphatic hydroxyl groups is 1. The fourth-order valence-electron chi connectivity index (χ4n) is 5.01. The van der Waals surface area contributed by atoms with E-state index in [1.165, 1.54) is 11.6 Å². The van der Waals surface area contributed by atoms with Crippen molar-refractivity contribution < 1.29 is 14.6 Å². The molecule has 0 aromatic carbocycles. The standard InChI is InChI=1S/C25H36N2O3/c1-17(2)22-11-9-18(3)23-14-21(8-6-5-7-20(28)13-24(22)23)30-25(29)12-10-19-15-27(4)16-26-19/h5-6,9-10,12,15-17,20-24,28H,7-8,11,13-14H2,1-4H3/b6-5-,12-10?. The van der Waals surface area contributed by atoms with E-state index in [1.807, 2.05) is 30.0 Å². The number of esters is 1. The van der Waals surface area contributed by atoms with Crippen molar-refractivity contribution in [2.24, 2.45) is 30.7 Å². The highest BCUT2D eigenvalue weighted by Gasteiger charge is 2.37. The summed E-state index contributed by atoms with van der Waals surface area (Å²) in [6.45, 7) is 6.75. The van der Waals surface area contributed by atoms with Crippen molar-refractivity contribution in [1.29, 1.82) is 0 Å². The van der Waals surface area contributed by atoms with Crippen LogP contribution in [0.4, 0.5) is 0 Å². The van der Waals surface area contributed by atoms with Crippen LogP contribution in [0.25, 0.3) is 6.08 Å². The molecule has 5 nitrogen and oxygen atoms in total. The van der Waals surface area contributed by atoms with Crippen molar-refractivity contribution in [2.75, 3.05) is 0 Å². The summed E-state index contributed by atoms with van der Waals surface area (Å²) < 4.78 is 7.71. The van der Waals surface area contributed by atoms with Gasteiger partial charge < -0.3 is 14.4 Å². The summed E-state index contributed by atoms with van der Waals surface area (Å²) in [7, 11) is 1.90. The lowest BCUT2D eigenvalue weighted by Gasteiger charge is -2.42. The average molecular weight is 413 g/mol. The number of nitrogens with zero attached hydrogens (tertiary/aromatic N) is 2. The van der Waals surface area contributed by atoms with Gasteiger partial charge in [-0.05, 0) is 62.4 Å². The summed E-state index contributed by atoms with van der Waals surface area (Å²) >= 11 is 0. The lowest BCUT2D eigenvalue weighted by atomic mass is 9.64. The second-order valence-corrected chi connectivity index (χ2v) is 9.29. The van der Waals surface area contributed by atoms with E-state index in [0.717, 1.165) is 25.0 Å². The number of aryl methyl sites for hydroxylation is 1. The molecule has 0 aliphatic heterocycles. The van der Waals surface area contributed by atoms with Gasteiger partial charge in [0.1, 0.15) is 6.10 Å². The average Bonchev–Trinajstić information content (AvgIpc) is 3.11. The second-order valence-electron chi connectivity index (χ2n) is 9.29. The molecule has 5 heteroatoms. The van der Waals surface area contributed by atoms with Gasteiger partial charge >= 0.3 is 5.97 Å². The molecule has 0 spiro atoms. The number of hydrogen-bond acceptors (Lipinski definition) is 4. The maximum Gasteiger partial charge on any atom is 0.331 e. The van der Waals surface area contributed by atoms with Crippen LogP contribution in [0.3, 0.4) is 0 Å². The van der Waals surface area contributed by atoms with Crippen LogP contribution in [0.5, 0.6) is 0 Å². The van der Waals surface area contributed by atoms with E-state index >= 15 is 0 Å². The smallest absolute Gasteiger partial charge is 0.331 e. The zero-order valence-electron chi connectivity index (χ0n) is 18.7. The fourth-order valence-corrected chi connectivity index (χ4v) is 5.01. The van der Waals surface area contributed by atoms with Crippen LogP contribution >= 0.6 is 0 Å². The highest BCUT2D eigenvalue weighted by Crippen LogP contribution is 2.44. The Bertz CT molecular complexity index is 805. The molecule has 0 saturated heterocycles. The highest BCUT2D eigenvalue weighted by molar-refractivity contribution is 5.86. The number of carbonyl (C=O) groups is 1. The van der Waals surface area contributed by atoms with Crippen LogP contribution in [0.2, 0.25) is 0 Å². The maximum atomic E-state index is 12.5. The van der Waals surface area contributed by atoms with Crippen LogP contribution in [-0.4, -0.2) is 32.8 Å². The number of aliphatic hydroxyl groups excluding tert-OH is 1. The summed E-state index contributed by atoms with van der Waals surface area (Å²) in [5, 5.41) is 10.6. The van der Waals surface area contributed by atoms with Crippen LogP contribution in [-0.2, 0) is 16.6 Å². The number of rotatable bonds is 4. The van der Waals surface area contributed by atoms with Gasteiger partial charge in [0, 0.05) is 25.7 Å². The predicted octanol–water partition coefficient (Wildman–Crippen LogP) is 4.69. The predicted molar refractivity (Wildman–Crippen MR) is 119 cm³/mol. The summed E-state index contributed by atoms with van der Waals surface area (Å²) in [4.78, 5) is 16.7. The molecule has 1 N–H and O–H groups in total. The van der Waals surface area contributed by atoms with Crippen LogP contribution in [0, 0.1) is 23.7 Å². The monoisotopic (exact) mass is 412 g/mol. The van der Waals surface area contributed by atoms with Crippen LogP contribution < -0.4 is 0 Å². The molecule has 5 atom stereocenters. The summed E-state index contributed by atoms with van der Waals surface area (Å²) in [6.07, 6.45) is 16.7. The third kappa shape index (κ3) is 5.94. The molecule has 3 rings (SSSR count). The Balaban J connectivity index is 1.75.